The molecule has 3 heteroatoms. The normalized spacial score (nSPS) is 24.1. The van der Waals surface area contributed by atoms with Crippen molar-refractivity contribution in [1.29, 1.82) is 0 Å². The summed E-state index contributed by atoms with van der Waals surface area (Å²) in [7, 11) is 0. The maximum atomic E-state index is 5.94. The van der Waals surface area contributed by atoms with E-state index in [9.17, 15) is 0 Å². The number of rotatable bonds is 4. The van der Waals surface area contributed by atoms with E-state index in [2.05, 4.69) is 49.1 Å². The summed E-state index contributed by atoms with van der Waals surface area (Å²) in [6.45, 7) is 7.90. The van der Waals surface area contributed by atoms with Gasteiger partial charge in [-0.15, -0.1) is 0 Å². The van der Waals surface area contributed by atoms with Crippen molar-refractivity contribution in [3.63, 3.8) is 0 Å². The van der Waals surface area contributed by atoms with Crippen LogP contribution in [0.3, 0.4) is 0 Å². The van der Waals surface area contributed by atoms with Crippen molar-refractivity contribution in [3.8, 4) is 0 Å². The van der Waals surface area contributed by atoms with Gasteiger partial charge in [-0.1, -0.05) is 30.3 Å². The molecule has 0 bridgehead atoms. The number of nitrogens with zero attached hydrogens (tertiary/aromatic N) is 1. The van der Waals surface area contributed by atoms with Crippen molar-refractivity contribution in [1.82, 2.24) is 4.90 Å². The van der Waals surface area contributed by atoms with Crippen LogP contribution in [-0.2, 0) is 11.2 Å². The van der Waals surface area contributed by atoms with Gasteiger partial charge >= 0.3 is 0 Å². The molecule has 1 fully saturated rings. The smallest absolute Gasteiger partial charge is 0.0831 e. The first-order chi connectivity index (χ1) is 8.59. The quantitative estimate of drug-likeness (QED) is 0.881. The lowest BCUT2D eigenvalue weighted by Gasteiger charge is -2.42. The van der Waals surface area contributed by atoms with E-state index in [1.807, 2.05) is 0 Å². The molecule has 1 heterocycles. The standard InChI is InChI=1S/C15H24N2O/c1-15(2)12-17(11-14(10-16)18-15)9-8-13-6-4-3-5-7-13/h3-7,14H,8-12,16H2,1-2H3. The SMILES string of the molecule is CC1(C)CN(CCc2ccccc2)CC(CN)O1. The summed E-state index contributed by atoms with van der Waals surface area (Å²) in [4.78, 5) is 2.47. The van der Waals surface area contributed by atoms with E-state index in [-0.39, 0.29) is 11.7 Å². The van der Waals surface area contributed by atoms with Crippen molar-refractivity contribution >= 4 is 0 Å². The average molecular weight is 248 g/mol. The minimum absolute atomic E-state index is 0.0844. The van der Waals surface area contributed by atoms with Crippen LogP contribution in [0.15, 0.2) is 30.3 Å². The topological polar surface area (TPSA) is 38.5 Å². The number of hydrogen-bond acceptors (Lipinski definition) is 3. The van der Waals surface area contributed by atoms with Crippen LogP contribution in [0.2, 0.25) is 0 Å². The molecular weight excluding hydrogens is 224 g/mol. The predicted octanol–water partition coefficient (Wildman–Crippen LogP) is 1.67. The molecule has 100 valence electrons. The Hall–Kier alpha value is -0.900. The van der Waals surface area contributed by atoms with Crippen molar-refractivity contribution in [2.24, 2.45) is 5.73 Å². The fourth-order valence-corrected chi connectivity index (χ4v) is 2.64. The summed E-state index contributed by atoms with van der Waals surface area (Å²) >= 11 is 0. The third kappa shape index (κ3) is 3.80. The van der Waals surface area contributed by atoms with Crippen LogP contribution in [0.5, 0.6) is 0 Å². The Morgan fingerprint density at radius 1 is 1.33 bits per heavy atom. The van der Waals surface area contributed by atoms with E-state index in [0.717, 1.165) is 26.1 Å². The molecule has 0 amide bonds. The molecular formula is C15H24N2O. The zero-order valence-electron chi connectivity index (χ0n) is 11.4. The second-order valence-electron chi connectivity index (χ2n) is 5.71. The molecule has 1 unspecified atom stereocenters. The van der Waals surface area contributed by atoms with Gasteiger partial charge in [0, 0.05) is 26.2 Å². The third-order valence-electron chi connectivity index (χ3n) is 3.37. The molecule has 0 aromatic heterocycles. The highest BCUT2D eigenvalue weighted by Crippen LogP contribution is 2.20. The molecule has 2 rings (SSSR count). The molecule has 2 N–H and O–H groups in total. The van der Waals surface area contributed by atoms with Crippen LogP contribution in [0.1, 0.15) is 19.4 Å². The molecule has 1 atom stereocenters. The molecule has 3 nitrogen and oxygen atoms in total. The Morgan fingerprint density at radius 3 is 2.72 bits per heavy atom. The summed E-state index contributed by atoms with van der Waals surface area (Å²) < 4.78 is 5.94. The van der Waals surface area contributed by atoms with Gasteiger partial charge in [0.25, 0.3) is 0 Å². The van der Waals surface area contributed by atoms with Crippen molar-refractivity contribution in [3.05, 3.63) is 35.9 Å². The largest absolute Gasteiger partial charge is 0.368 e. The fourth-order valence-electron chi connectivity index (χ4n) is 2.64. The van der Waals surface area contributed by atoms with Crippen LogP contribution in [0, 0.1) is 0 Å². The van der Waals surface area contributed by atoms with Gasteiger partial charge in [0.15, 0.2) is 0 Å². The lowest BCUT2D eigenvalue weighted by atomic mass is 10.0. The number of hydrogen-bond donors (Lipinski definition) is 1. The monoisotopic (exact) mass is 248 g/mol. The number of morpholine rings is 1. The van der Waals surface area contributed by atoms with Gasteiger partial charge in [-0.2, -0.15) is 0 Å². The zero-order chi connectivity index (χ0) is 13.0. The van der Waals surface area contributed by atoms with Crippen LogP contribution in [-0.4, -0.2) is 42.8 Å². The van der Waals surface area contributed by atoms with Gasteiger partial charge in [0.1, 0.15) is 0 Å². The number of nitrogens with two attached hydrogens (primary N) is 1. The lowest BCUT2D eigenvalue weighted by molar-refractivity contribution is -0.131. The molecule has 18 heavy (non-hydrogen) atoms. The Balaban J connectivity index is 1.89. The van der Waals surface area contributed by atoms with E-state index in [4.69, 9.17) is 10.5 Å². The summed E-state index contributed by atoms with van der Waals surface area (Å²) in [5, 5.41) is 0. The van der Waals surface area contributed by atoms with Crippen LogP contribution >= 0.6 is 0 Å². The molecule has 0 radical (unpaired) electrons. The van der Waals surface area contributed by atoms with E-state index in [0.29, 0.717) is 6.54 Å². The lowest BCUT2D eigenvalue weighted by Crippen LogP contribution is -2.55. The maximum absolute atomic E-state index is 5.94. The first-order valence-electron chi connectivity index (χ1n) is 6.73. The van der Waals surface area contributed by atoms with Gasteiger partial charge in [-0.05, 0) is 25.8 Å². The third-order valence-corrected chi connectivity index (χ3v) is 3.37. The van der Waals surface area contributed by atoms with Crippen molar-refractivity contribution in [2.45, 2.75) is 32.0 Å². The Morgan fingerprint density at radius 2 is 2.06 bits per heavy atom. The minimum atomic E-state index is -0.0844. The highest BCUT2D eigenvalue weighted by Gasteiger charge is 2.32. The summed E-state index contributed by atoms with van der Waals surface area (Å²) in [6, 6.07) is 10.6. The van der Waals surface area contributed by atoms with E-state index < -0.39 is 0 Å². The van der Waals surface area contributed by atoms with Crippen molar-refractivity contribution in [2.75, 3.05) is 26.2 Å². The first kappa shape index (κ1) is 13.5. The second-order valence-corrected chi connectivity index (χ2v) is 5.71. The molecule has 0 aliphatic carbocycles. The molecule has 1 aliphatic heterocycles. The molecule has 1 aliphatic rings. The van der Waals surface area contributed by atoms with Crippen molar-refractivity contribution < 1.29 is 4.74 Å². The number of ether oxygens (including phenoxy) is 1. The average Bonchev–Trinajstić information content (AvgIpc) is 2.36. The Kier molecular flexibility index (Phi) is 4.38. The van der Waals surface area contributed by atoms with E-state index in [1.54, 1.807) is 0 Å². The zero-order valence-corrected chi connectivity index (χ0v) is 11.4. The molecule has 1 aromatic rings. The molecule has 1 saturated heterocycles. The minimum Gasteiger partial charge on any atom is -0.368 e. The second kappa shape index (κ2) is 5.83. The highest BCUT2D eigenvalue weighted by atomic mass is 16.5. The summed E-state index contributed by atoms with van der Waals surface area (Å²) in [6.07, 6.45) is 1.26. The highest BCUT2D eigenvalue weighted by molar-refractivity contribution is 5.14. The molecule has 1 aromatic carbocycles. The van der Waals surface area contributed by atoms with Gasteiger partial charge in [0.05, 0.1) is 11.7 Å². The van der Waals surface area contributed by atoms with Gasteiger partial charge < -0.3 is 10.5 Å². The fraction of sp³-hybridized carbons (Fsp3) is 0.600. The van der Waals surface area contributed by atoms with Gasteiger partial charge in [-0.25, -0.2) is 0 Å². The first-order valence-corrected chi connectivity index (χ1v) is 6.73. The predicted molar refractivity (Wildman–Crippen MR) is 74.6 cm³/mol. The van der Waals surface area contributed by atoms with Gasteiger partial charge in [0.2, 0.25) is 0 Å². The van der Waals surface area contributed by atoms with E-state index in [1.165, 1.54) is 5.56 Å². The number of benzene rings is 1. The maximum Gasteiger partial charge on any atom is 0.0831 e. The van der Waals surface area contributed by atoms with Gasteiger partial charge in [-0.3, -0.25) is 4.90 Å². The Labute approximate surface area is 110 Å². The summed E-state index contributed by atoms with van der Waals surface area (Å²) in [5.74, 6) is 0. The summed E-state index contributed by atoms with van der Waals surface area (Å²) in [5.41, 5.74) is 7.05. The molecule has 0 saturated carbocycles. The van der Waals surface area contributed by atoms with Crippen LogP contribution in [0.25, 0.3) is 0 Å². The Bertz CT molecular complexity index is 364. The van der Waals surface area contributed by atoms with Crippen LogP contribution in [0.4, 0.5) is 0 Å². The molecule has 0 spiro atoms. The van der Waals surface area contributed by atoms with E-state index >= 15 is 0 Å². The van der Waals surface area contributed by atoms with Crippen LogP contribution < -0.4 is 5.73 Å².